The minimum atomic E-state index is -3.93. The second-order valence-corrected chi connectivity index (χ2v) is 12.2. The van der Waals surface area contributed by atoms with Crippen molar-refractivity contribution in [1.82, 2.24) is 14.9 Å². The quantitative estimate of drug-likeness (QED) is 0.475. The Balaban J connectivity index is 1.67. The van der Waals surface area contributed by atoms with Gasteiger partial charge in [0.25, 0.3) is 10.0 Å². The number of sulfonamides is 1. The van der Waals surface area contributed by atoms with Gasteiger partial charge >= 0.3 is 0 Å². The van der Waals surface area contributed by atoms with Crippen LogP contribution in [0, 0.1) is 0 Å². The molecule has 2 aromatic rings. The number of nitrogens with one attached hydrogen (secondary N) is 2. The predicted octanol–water partition coefficient (Wildman–Crippen LogP) is 4.36. The SMILES string of the molecule is CCCCc1ccc(S(=O)(=O)NC(=O)CCc2ccc3c(c2)CN(C(C)C)CC(=O)NCCCCCO3)cc1. The van der Waals surface area contributed by atoms with Gasteiger partial charge in [-0.1, -0.05) is 37.6 Å². The van der Waals surface area contributed by atoms with Gasteiger partial charge in [0.15, 0.2) is 0 Å². The van der Waals surface area contributed by atoms with Crippen LogP contribution in [0.3, 0.4) is 0 Å². The van der Waals surface area contributed by atoms with Gasteiger partial charge in [0.05, 0.1) is 18.0 Å². The summed E-state index contributed by atoms with van der Waals surface area (Å²) in [5.74, 6) is 0.235. The van der Waals surface area contributed by atoms with Crippen LogP contribution in [-0.2, 0) is 39.0 Å². The molecule has 0 fully saturated rings. The van der Waals surface area contributed by atoms with Gasteiger partial charge in [-0.05, 0) is 81.7 Å². The number of hydrogen-bond donors (Lipinski definition) is 2. The van der Waals surface area contributed by atoms with Crippen molar-refractivity contribution in [2.45, 2.75) is 89.6 Å². The number of nitrogens with zero attached hydrogens (tertiary/aromatic N) is 1. The smallest absolute Gasteiger partial charge is 0.264 e. The van der Waals surface area contributed by atoms with Crippen molar-refractivity contribution in [2.75, 3.05) is 19.7 Å². The van der Waals surface area contributed by atoms with Crippen LogP contribution in [0.15, 0.2) is 47.4 Å². The van der Waals surface area contributed by atoms with E-state index in [4.69, 9.17) is 4.74 Å². The molecule has 9 heteroatoms. The molecule has 39 heavy (non-hydrogen) atoms. The summed E-state index contributed by atoms with van der Waals surface area (Å²) in [6.07, 6.45) is 6.23. The molecule has 3 rings (SSSR count). The van der Waals surface area contributed by atoms with Gasteiger partial charge < -0.3 is 10.1 Å². The summed E-state index contributed by atoms with van der Waals surface area (Å²) < 4.78 is 33.7. The number of carbonyl (C=O) groups excluding carboxylic acids is 2. The first kappa shape index (κ1) is 30.6. The zero-order valence-electron chi connectivity index (χ0n) is 23.5. The maximum absolute atomic E-state index is 12.7. The van der Waals surface area contributed by atoms with Crippen molar-refractivity contribution in [3.8, 4) is 5.75 Å². The molecule has 0 unspecified atom stereocenters. The monoisotopic (exact) mass is 557 g/mol. The van der Waals surface area contributed by atoms with Crippen LogP contribution in [0.1, 0.15) is 76.0 Å². The highest BCUT2D eigenvalue weighted by Gasteiger charge is 2.20. The zero-order chi connectivity index (χ0) is 28.3. The van der Waals surface area contributed by atoms with Gasteiger partial charge in [0.1, 0.15) is 5.75 Å². The maximum Gasteiger partial charge on any atom is 0.264 e. The van der Waals surface area contributed by atoms with E-state index in [1.165, 1.54) is 0 Å². The highest BCUT2D eigenvalue weighted by Crippen LogP contribution is 2.24. The van der Waals surface area contributed by atoms with E-state index in [1.54, 1.807) is 24.3 Å². The number of rotatable bonds is 9. The van der Waals surface area contributed by atoms with Crippen LogP contribution in [0.4, 0.5) is 0 Å². The highest BCUT2D eigenvalue weighted by molar-refractivity contribution is 7.90. The van der Waals surface area contributed by atoms with E-state index in [0.29, 0.717) is 32.7 Å². The zero-order valence-corrected chi connectivity index (χ0v) is 24.3. The van der Waals surface area contributed by atoms with E-state index in [1.807, 2.05) is 18.2 Å². The van der Waals surface area contributed by atoms with Crippen molar-refractivity contribution in [3.63, 3.8) is 0 Å². The first-order valence-electron chi connectivity index (χ1n) is 14.1. The molecule has 2 N–H and O–H groups in total. The fourth-order valence-corrected chi connectivity index (χ4v) is 5.49. The Hall–Kier alpha value is -2.91. The summed E-state index contributed by atoms with van der Waals surface area (Å²) in [6.45, 7) is 8.31. The number of carbonyl (C=O) groups is 2. The van der Waals surface area contributed by atoms with Crippen molar-refractivity contribution >= 4 is 21.8 Å². The fourth-order valence-electron chi connectivity index (χ4n) is 4.48. The molecule has 0 aromatic heterocycles. The molecule has 0 saturated heterocycles. The van der Waals surface area contributed by atoms with Crippen LogP contribution in [0.2, 0.25) is 0 Å². The number of hydrogen-bond acceptors (Lipinski definition) is 6. The standard InChI is InChI=1S/C30H43N3O5S/c1-4-5-9-24-10-14-27(15-11-24)39(36,37)32-29(34)17-13-25-12-16-28-26(20-25)21-33(23(2)3)22-30(35)31-18-7-6-8-19-38-28/h10-12,14-16,20,23H,4-9,13,17-19,21-22H2,1-3H3,(H,31,35)(H,32,34). The Kier molecular flexibility index (Phi) is 11.8. The first-order chi connectivity index (χ1) is 18.7. The molecule has 0 radical (unpaired) electrons. The van der Waals surface area contributed by atoms with E-state index in [9.17, 15) is 18.0 Å². The molecule has 0 bridgehead atoms. The Morgan fingerprint density at radius 2 is 1.77 bits per heavy atom. The van der Waals surface area contributed by atoms with Gasteiger partial charge in [-0.25, -0.2) is 13.1 Å². The third kappa shape index (κ3) is 9.97. The number of unbranched alkanes of at least 4 members (excludes halogenated alkanes) is 1. The van der Waals surface area contributed by atoms with Crippen molar-refractivity contribution in [1.29, 1.82) is 0 Å². The summed E-state index contributed by atoms with van der Waals surface area (Å²) in [5, 5.41) is 3.00. The molecule has 214 valence electrons. The first-order valence-corrected chi connectivity index (χ1v) is 15.6. The molecule has 0 saturated carbocycles. The molecule has 1 heterocycles. The van der Waals surface area contributed by atoms with E-state index in [2.05, 4.69) is 35.7 Å². The molecule has 0 aliphatic carbocycles. The van der Waals surface area contributed by atoms with Gasteiger partial charge in [-0.3, -0.25) is 14.5 Å². The number of aryl methyl sites for hydroxylation is 2. The number of amides is 2. The molecule has 8 nitrogen and oxygen atoms in total. The Morgan fingerprint density at radius 3 is 2.49 bits per heavy atom. The Labute approximate surface area is 233 Å². The van der Waals surface area contributed by atoms with Gasteiger partial charge in [0.2, 0.25) is 11.8 Å². The summed E-state index contributed by atoms with van der Waals surface area (Å²) in [6, 6.07) is 12.7. The van der Waals surface area contributed by atoms with Gasteiger partial charge in [-0.2, -0.15) is 0 Å². The Bertz CT molecular complexity index is 1200. The second-order valence-electron chi connectivity index (χ2n) is 10.5. The molecule has 2 amide bonds. The van der Waals surface area contributed by atoms with E-state index in [0.717, 1.165) is 61.0 Å². The fraction of sp³-hybridized carbons (Fsp3) is 0.533. The van der Waals surface area contributed by atoms with E-state index in [-0.39, 0.29) is 23.3 Å². The van der Waals surface area contributed by atoms with Crippen LogP contribution in [-0.4, -0.2) is 50.9 Å². The molecular weight excluding hydrogens is 514 g/mol. The lowest BCUT2D eigenvalue weighted by Gasteiger charge is -2.27. The number of benzene rings is 2. The predicted molar refractivity (Wildman–Crippen MR) is 153 cm³/mol. The van der Waals surface area contributed by atoms with E-state index < -0.39 is 15.9 Å². The molecule has 2 aromatic carbocycles. The summed E-state index contributed by atoms with van der Waals surface area (Å²) >= 11 is 0. The lowest BCUT2D eigenvalue weighted by Crippen LogP contribution is -2.40. The van der Waals surface area contributed by atoms with Crippen LogP contribution < -0.4 is 14.8 Å². The van der Waals surface area contributed by atoms with Crippen molar-refractivity contribution < 1.29 is 22.7 Å². The van der Waals surface area contributed by atoms with Crippen molar-refractivity contribution in [2.24, 2.45) is 0 Å². The largest absolute Gasteiger partial charge is 0.493 e. The van der Waals surface area contributed by atoms with Gasteiger partial charge in [0, 0.05) is 31.1 Å². The molecule has 0 atom stereocenters. The average molecular weight is 558 g/mol. The average Bonchev–Trinajstić information content (AvgIpc) is 2.91. The number of ether oxygens (including phenoxy) is 1. The molecular formula is C30H43N3O5S. The molecule has 1 aliphatic rings. The van der Waals surface area contributed by atoms with Gasteiger partial charge in [-0.15, -0.1) is 0 Å². The van der Waals surface area contributed by atoms with Crippen LogP contribution in [0.25, 0.3) is 0 Å². The third-order valence-corrected chi connectivity index (χ3v) is 8.31. The lowest BCUT2D eigenvalue weighted by atomic mass is 10.0. The van der Waals surface area contributed by atoms with Crippen molar-refractivity contribution in [3.05, 3.63) is 59.2 Å². The summed E-state index contributed by atoms with van der Waals surface area (Å²) in [4.78, 5) is 27.2. The third-order valence-electron chi connectivity index (χ3n) is 6.92. The second kappa shape index (κ2) is 15.0. The highest BCUT2D eigenvalue weighted by atomic mass is 32.2. The molecule has 0 spiro atoms. The summed E-state index contributed by atoms with van der Waals surface area (Å²) in [7, 11) is -3.93. The normalized spacial score (nSPS) is 15.7. The maximum atomic E-state index is 12.7. The summed E-state index contributed by atoms with van der Waals surface area (Å²) in [5.41, 5.74) is 2.93. The topological polar surface area (TPSA) is 105 Å². The Morgan fingerprint density at radius 1 is 1.03 bits per heavy atom. The number of fused-ring (bicyclic) bond motifs is 1. The van der Waals surface area contributed by atoms with Crippen LogP contribution >= 0.6 is 0 Å². The lowest BCUT2D eigenvalue weighted by molar-refractivity contribution is -0.123. The van der Waals surface area contributed by atoms with E-state index >= 15 is 0 Å². The minimum absolute atomic E-state index is 0.00931. The minimum Gasteiger partial charge on any atom is -0.493 e. The molecule has 1 aliphatic heterocycles. The van der Waals surface area contributed by atoms with Crippen LogP contribution in [0.5, 0.6) is 5.75 Å².